The number of hydrogen-bond donors (Lipinski definition) is 0. The second-order valence-corrected chi connectivity index (χ2v) is 7.78. The van der Waals surface area contributed by atoms with Gasteiger partial charge in [-0.2, -0.15) is 23.5 Å². The maximum atomic E-state index is 4.21. The van der Waals surface area contributed by atoms with E-state index in [2.05, 4.69) is 44.4 Å². The van der Waals surface area contributed by atoms with E-state index >= 15 is 0 Å². The van der Waals surface area contributed by atoms with Crippen molar-refractivity contribution < 1.29 is 0 Å². The number of pyridine rings is 1. The Kier molecular flexibility index (Phi) is 5.65. The van der Waals surface area contributed by atoms with Gasteiger partial charge in [-0.1, -0.05) is 6.07 Å². The Hall–Kier alpha value is -0.230. The lowest BCUT2D eigenvalue weighted by molar-refractivity contribution is 0.107. The zero-order chi connectivity index (χ0) is 13.6. The summed E-state index contributed by atoms with van der Waals surface area (Å²) in [7, 11) is 0. The molecule has 0 aromatic carbocycles. The van der Waals surface area contributed by atoms with Crippen molar-refractivity contribution in [1.29, 1.82) is 0 Å². The highest BCUT2D eigenvalue weighted by Gasteiger charge is 2.24. The third kappa shape index (κ3) is 4.13. The van der Waals surface area contributed by atoms with Crippen LogP contribution in [0, 0.1) is 0 Å². The molecule has 0 radical (unpaired) electrons. The first-order valence-corrected chi connectivity index (χ1v) is 9.73. The van der Waals surface area contributed by atoms with Gasteiger partial charge in [-0.05, 0) is 11.6 Å². The van der Waals surface area contributed by atoms with Crippen LogP contribution in [0.15, 0.2) is 24.5 Å². The van der Waals surface area contributed by atoms with Crippen LogP contribution in [0.25, 0.3) is 0 Å². The number of aromatic nitrogens is 1. The molecule has 2 saturated heterocycles. The maximum absolute atomic E-state index is 4.21. The van der Waals surface area contributed by atoms with Crippen LogP contribution in [0.1, 0.15) is 5.56 Å². The molecule has 3 heterocycles. The fraction of sp³-hybridized carbons (Fsp3) is 0.667. The summed E-state index contributed by atoms with van der Waals surface area (Å²) in [6.45, 7) is 5.90. The molecular weight excluding hydrogens is 286 g/mol. The van der Waals surface area contributed by atoms with E-state index in [0.717, 1.165) is 12.6 Å². The van der Waals surface area contributed by atoms with E-state index in [4.69, 9.17) is 0 Å². The number of hydrogen-bond acceptors (Lipinski definition) is 5. The largest absolute Gasteiger partial charge is 0.296 e. The lowest BCUT2D eigenvalue weighted by Gasteiger charge is -2.38. The van der Waals surface area contributed by atoms with Crippen LogP contribution in [0.4, 0.5) is 0 Å². The van der Waals surface area contributed by atoms with Gasteiger partial charge in [-0.15, -0.1) is 0 Å². The van der Waals surface area contributed by atoms with E-state index in [1.165, 1.54) is 54.8 Å². The van der Waals surface area contributed by atoms with Gasteiger partial charge in [0.25, 0.3) is 0 Å². The van der Waals surface area contributed by atoms with Gasteiger partial charge in [0, 0.05) is 74.2 Å². The quantitative estimate of drug-likeness (QED) is 0.848. The molecule has 0 spiro atoms. The van der Waals surface area contributed by atoms with Crippen molar-refractivity contribution in [3.8, 4) is 0 Å². The second kappa shape index (κ2) is 7.69. The van der Waals surface area contributed by atoms with Gasteiger partial charge in [0.15, 0.2) is 0 Å². The monoisotopic (exact) mass is 309 g/mol. The molecule has 1 aromatic rings. The van der Waals surface area contributed by atoms with Crippen molar-refractivity contribution in [1.82, 2.24) is 14.8 Å². The SMILES string of the molecule is c1cncc(CN2CCN(C3CSCCSC3)CC2)c1. The van der Waals surface area contributed by atoms with Gasteiger partial charge in [0.2, 0.25) is 0 Å². The average molecular weight is 310 g/mol. The Bertz CT molecular complexity index is 385. The van der Waals surface area contributed by atoms with Crippen molar-refractivity contribution in [2.75, 3.05) is 49.2 Å². The number of nitrogens with zero attached hydrogens (tertiary/aromatic N) is 3. The number of thioether (sulfide) groups is 2. The van der Waals surface area contributed by atoms with Crippen LogP contribution in [0.2, 0.25) is 0 Å². The minimum absolute atomic E-state index is 0.799. The first-order valence-electron chi connectivity index (χ1n) is 7.42. The molecule has 0 N–H and O–H groups in total. The summed E-state index contributed by atoms with van der Waals surface area (Å²) >= 11 is 4.27. The zero-order valence-corrected chi connectivity index (χ0v) is 13.5. The predicted octanol–water partition coefficient (Wildman–Crippen LogP) is 2.05. The third-order valence-electron chi connectivity index (χ3n) is 4.04. The molecule has 2 aliphatic heterocycles. The molecule has 0 aliphatic carbocycles. The van der Waals surface area contributed by atoms with Crippen LogP contribution < -0.4 is 0 Å². The molecule has 20 heavy (non-hydrogen) atoms. The minimum atomic E-state index is 0.799. The Morgan fingerprint density at radius 1 is 1.10 bits per heavy atom. The summed E-state index contributed by atoms with van der Waals surface area (Å²) in [6, 6.07) is 5.01. The number of rotatable bonds is 3. The first kappa shape index (κ1) is 14.7. The van der Waals surface area contributed by atoms with E-state index in [-0.39, 0.29) is 0 Å². The van der Waals surface area contributed by atoms with Crippen molar-refractivity contribution >= 4 is 23.5 Å². The Labute approximate surface area is 130 Å². The van der Waals surface area contributed by atoms with Crippen LogP contribution in [-0.2, 0) is 6.54 Å². The maximum Gasteiger partial charge on any atom is 0.0312 e. The molecule has 110 valence electrons. The Morgan fingerprint density at radius 2 is 1.85 bits per heavy atom. The molecule has 0 atom stereocenters. The van der Waals surface area contributed by atoms with Crippen LogP contribution in [-0.4, -0.2) is 70.0 Å². The van der Waals surface area contributed by atoms with E-state index in [0.29, 0.717) is 0 Å². The minimum Gasteiger partial charge on any atom is -0.296 e. The molecule has 3 nitrogen and oxygen atoms in total. The average Bonchev–Trinajstić information content (AvgIpc) is 2.78. The summed E-state index contributed by atoms with van der Waals surface area (Å²) in [5.74, 6) is 5.33. The summed E-state index contributed by atoms with van der Waals surface area (Å²) in [4.78, 5) is 9.48. The van der Waals surface area contributed by atoms with Crippen molar-refractivity contribution in [3.05, 3.63) is 30.1 Å². The summed E-state index contributed by atoms with van der Waals surface area (Å²) in [5, 5.41) is 0. The van der Waals surface area contributed by atoms with Crippen molar-refractivity contribution in [2.45, 2.75) is 12.6 Å². The fourth-order valence-electron chi connectivity index (χ4n) is 2.85. The highest BCUT2D eigenvalue weighted by atomic mass is 32.2. The molecule has 0 amide bonds. The first-order chi connectivity index (χ1) is 9.92. The molecular formula is C15H23N3S2. The predicted molar refractivity (Wildman–Crippen MR) is 89.5 cm³/mol. The molecule has 0 bridgehead atoms. The van der Waals surface area contributed by atoms with E-state index < -0.39 is 0 Å². The third-order valence-corrected chi connectivity index (χ3v) is 6.53. The highest BCUT2D eigenvalue weighted by Crippen LogP contribution is 2.21. The van der Waals surface area contributed by atoms with Gasteiger partial charge in [0.1, 0.15) is 0 Å². The zero-order valence-electron chi connectivity index (χ0n) is 11.9. The fourth-order valence-corrected chi connectivity index (χ4v) is 5.48. The van der Waals surface area contributed by atoms with Gasteiger partial charge in [-0.25, -0.2) is 0 Å². The van der Waals surface area contributed by atoms with Gasteiger partial charge >= 0.3 is 0 Å². The molecule has 5 heteroatoms. The normalized spacial score (nSPS) is 23.6. The molecule has 2 aliphatic rings. The van der Waals surface area contributed by atoms with Crippen LogP contribution in [0.3, 0.4) is 0 Å². The molecule has 2 fully saturated rings. The lowest BCUT2D eigenvalue weighted by atomic mass is 10.2. The summed E-state index contributed by atoms with van der Waals surface area (Å²) < 4.78 is 0. The molecule has 3 rings (SSSR count). The standard InChI is InChI=1S/C15H23N3S2/c1-2-14(10-16-3-1)11-17-4-6-18(7-5-17)15-12-19-8-9-20-13-15/h1-3,10,15H,4-9,11-13H2. The molecule has 0 unspecified atom stereocenters. The number of piperazine rings is 1. The van der Waals surface area contributed by atoms with Gasteiger partial charge < -0.3 is 0 Å². The lowest BCUT2D eigenvalue weighted by Crippen LogP contribution is -2.51. The van der Waals surface area contributed by atoms with Crippen molar-refractivity contribution in [2.24, 2.45) is 0 Å². The Balaban J connectivity index is 1.46. The van der Waals surface area contributed by atoms with Crippen molar-refractivity contribution in [3.63, 3.8) is 0 Å². The Morgan fingerprint density at radius 3 is 2.50 bits per heavy atom. The summed E-state index contributed by atoms with van der Waals surface area (Å²) in [6.07, 6.45) is 3.84. The van der Waals surface area contributed by atoms with E-state index in [1.807, 2.05) is 18.5 Å². The van der Waals surface area contributed by atoms with E-state index in [9.17, 15) is 0 Å². The molecule has 0 saturated carbocycles. The van der Waals surface area contributed by atoms with Crippen LogP contribution >= 0.6 is 23.5 Å². The summed E-state index contributed by atoms with van der Waals surface area (Å²) in [5.41, 5.74) is 1.33. The van der Waals surface area contributed by atoms with E-state index in [1.54, 1.807) is 0 Å². The van der Waals surface area contributed by atoms with Gasteiger partial charge in [-0.3, -0.25) is 14.8 Å². The highest BCUT2D eigenvalue weighted by molar-refractivity contribution is 8.03. The molecule has 1 aromatic heterocycles. The van der Waals surface area contributed by atoms with Crippen LogP contribution in [0.5, 0.6) is 0 Å². The van der Waals surface area contributed by atoms with Gasteiger partial charge in [0.05, 0.1) is 0 Å². The smallest absolute Gasteiger partial charge is 0.0312 e. The second-order valence-electron chi connectivity index (χ2n) is 5.48. The topological polar surface area (TPSA) is 19.4 Å².